The summed E-state index contributed by atoms with van der Waals surface area (Å²) in [5, 5.41) is 20.6. The Balaban J connectivity index is 0.000000384. The lowest BCUT2D eigenvalue weighted by Gasteiger charge is -2.34. The third-order valence-electron chi connectivity index (χ3n) is 5.81. The number of fused-ring (bicyclic) bond motifs is 2. The second-order valence-electron chi connectivity index (χ2n) is 8.34. The Kier molecular flexibility index (Phi) is 6.97. The van der Waals surface area contributed by atoms with Crippen LogP contribution in [0.4, 0.5) is 39.5 Å². The van der Waals surface area contributed by atoms with E-state index in [9.17, 15) is 22.4 Å². The molecule has 0 unspecified atom stereocenters. The zero-order valence-electron chi connectivity index (χ0n) is 19.1. The molecule has 2 amide bonds. The zero-order chi connectivity index (χ0) is 26.0. The van der Waals surface area contributed by atoms with E-state index in [0.717, 1.165) is 42.7 Å². The highest BCUT2D eigenvalue weighted by molar-refractivity contribution is 6.04. The van der Waals surface area contributed by atoms with Crippen LogP contribution >= 0.6 is 0 Å². The highest BCUT2D eigenvalue weighted by atomic mass is 19.4. The first-order chi connectivity index (χ1) is 17.0. The van der Waals surface area contributed by atoms with Crippen molar-refractivity contribution in [2.75, 3.05) is 41.3 Å². The smallest absolute Gasteiger partial charge is 0.475 e. The van der Waals surface area contributed by atoms with Crippen molar-refractivity contribution in [3.05, 3.63) is 42.0 Å². The molecule has 10 nitrogen and oxygen atoms in total. The molecule has 4 N–H and O–H groups in total. The Morgan fingerprint density at radius 2 is 2.00 bits per heavy atom. The summed E-state index contributed by atoms with van der Waals surface area (Å²) in [5.74, 6) is -2.63. The van der Waals surface area contributed by atoms with Gasteiger partial charge in [-0.3, -0.25) is 10.00 Å². The van der Waals surface area contributed by atoms with Gasteiger partial charge in [0.05, 0.1) is 11.2 Å². The number of nitrogens with one attached hydrogen (secondary N) is 3. The summed E-state index contributed by atoms with van der Waals surface area (Å²) in [6, 6.07) is 4.93. The summed E-state index contributed by atoms with van der Waals surface area (Å²) in [6.07, 6.45) is -0.948. The molecule has 1 saturated heterocycles. The van der Waals surface area contributed by atoms with Gasteiger partial charge in [0, 0.05) is 67.3 Å². The van der Waals surface area contributed by atoms with Gasteiger partial charge in [0.1, 0.15) is 11.6 Å². The molecular weight excluding hydrogens is 486 g/mol. The standard InChI is InChI=1S/C20H22FN7O.C2HF3O2/c1-12-11-27(7-5-22-12)18-2-4-23-19-14(18)3-6-28(19)20(29)25-17-8-13-10-24-26-16(13)9-15(17)21;3-2(4,5)1(6)7/h2,4,8-10,12,22H,3,5-7,11H2,1H3,(H,24,26)(H,25,29);(H,6,7)/t12-;/m0./s1. The van der Waals surface area contributed by atoms with Gasteiger partial charge in [-0.2, -0.15) is 18.3 Å². The largest absolute Gasteiger partial charge is 0.490 e. The van der Waals surface area contributed by atoms with Crippen LogP contribution in [0, 0.1) is 5.82 Å². The van der Waals surface area contributed by atoms with E-state index in [1.54, 1.807) is 23.4 Å². The number of pyridine rings is 1. The predicted molar refractivity (Wildman–Crippen MR) is 124 cm³/mol. The second-order valence-corrected chi connectivity index (χ2v) is 8.34. The number of hydrogen-bond donors (Lipinski definition) is 4. The maximum absolute atomic E-state index is 14.4. The molecule has 1 aromatic carbocycles. The van der Waals surface area contributed by atoms with Crippen LogP contribution in [0.5, 0.6) is 0 Å². The van der Waals surface area contributed by atoms with Gasteiger partial charge < -0.3 is 20.6 Å². The number of carboxylic acids is 1. The van der Waals surface area contributed by atoms with Crippen molar-refractivity contribution in [1.29, 1.82) is 0 Å². The highest BCUT2D eigenvalue weighted by Gasteiger charge is 2.38. The number of alkyl halides is 3. The van der Waals surface area contributed by atoms with Crippen molar-refractivity contribution in [1.82, 2.24) is 20.5 Å². The second kappa shape index (κ2) is 9.97. The fraction of sp³-hybridized carbons (Fsp3) is 0.364. The summed E-state index contributed by atoms with van der Waals surface area (Å²) in [5.41, 5.74) is 2.85. The number of rotatable bonds is 2. The molecule has 2 aromatic heterocycles. The van der Waals surface area contributed by atoms with Crippen LogP contribution in [-0.4, -0.2) is 70.7 Å². The van der Waals surface area contributed by atoms with Crippen LogP contribution in [0.1, 0.15) is 12.5 Å². The summed E-state index contributed by atoms with van der Waals surface area (Å²) in [6.45, 7) is 5.45. The van der Waals surface area contributed by atoms with Crippen molar-refractivity contribution in [3.8, 4) is 0 Å². The van der Waals surface area contributed by atoms with Gasteiger partial charge in [-0.15, -0.1) is 0 Å². The van der Waals surface area contributed by atoms with E-state index >= 15 is 0 Å². The minimum absolute atomic E-state index is 0.129. The number of piperazine rings is 1. The fourth-order valence-corrected chi connectivity index (χ4v) is 4.16. The lowest BCUT2D eigenvalue weighted by molar-refractivity contribution is -0.192. The molecular formula is C22H23F4N7O3. The van der Waals surface area contributed by atoms with E-state index < -0.39 is 18.0 Å². The molecule has 0 saturated carbocycles. The third kappa shape index (κ3) is 5.32. The molecule has 192 valence electrons. The van der Waals surface area contributed by atoms with Crippen molar-refractivity contribution in [3.63, 3.8) is 0 Å². The van der Waals surface area contributed by atoms with Crippen LogP contribution < -0.4 is 20.4 Å². The van der Waals surface area contributed by atoms with Gasteiger partial charge in [-0.25, -0.2) is 19.0 Å². The number of aromatic amines is 1. The molecule has 2 aliphatic rings. The summed E-state index contributed by atoms with van der Waals surface area (Å²) in [4.78, 5) is 30.2. The molecule has 5 rings (SSSR count). The van der Waals surface area contributed by atoms with Gasteiger partial charge in [-0.05, 0) is 25.5 Å². The average Bonchev–Trinajstić information content (AvgIpc) is 3.45. The monoisotopic (exact) mass is 509 g/mol. The maximum Gasteiger partial charge on any atom is 0.490 e. The van der Waals surface area contributed by atoms with E-state index in [0.29, 0.717) is 23.9 Å². The number of aliphatic carboxylic acids is 1. The molecule has 1 atom stereocenters. The minimum atomic E-state index is -5.08. The number of nitrogens with zero attached hydrogens (tertiary/aromatic N) is 4. The molecule has 0 spiro atoms. The first kappa shape index (κ1) is 25.2. The number of carbonyl (C=O) groups excluding carboxylic acids is 1. The van der Waals surface area contributed by atoms with Crippen molar-refractivity contribution in [2.24, 2.45) is 0 Å². The van der Waals surface area contributed by atoms with E-state index in [4.69, 9.17) is 9.90 Å². The lowest BCUT2D eigenvalue weighted by Crippen LogP contribution is -2.49. The molecule has 1 fully saturated rings. The normalized spacial score (nSPS) is 17.4. The van der Waals surface area contributed by atoms with Gasteiger partial charge >= 0.3 is 18.2 Å². The summed E-state index contributed by atoms with van der Waals surface area (Å²) in [7, 11) is 0. The quantitative estimate of drug-likeness (QED) is 0.391. The molecule has 0 aliphatic carbocycles. The SMILES string of the molecule is C[C@H]1CN(c2ccnc3c2CCN3C(=O)Nc2cc3c[nH]nc3cc2F)CCN1.O=C(O)C(F)(F)F. The first-order valence-electron chi connectivity index (χ1n) is 11.0. The van der Waals surface area contributed by atoms with E-state index in [1.807, 2.05) is 6.07 Å². The van der Waals surface area contributed by atoms with E-state index in [2.05, 4.69) is 37.6 Å². The molecule has 2 aliphatic heterocycles. The number of hydrogen-bond acceptors (Lipinski definition) is 6. The Bertz CT molecular complexity index is 1280. The maximum atomic E-state index is 14.4. The number of H-pyrrole nitrogens is 1. The van der Waals surface area contributed by atoms with Crippen LogP contribution in [0.15, 0.2) is 30.6 Å². The molecule has 3 aromatic rings. The van der Waals surface area contributed by atoms with Gasteiger partial charge in [0.15, 0.2) is 0 Å². The fourth-order valence-electron chi connectivity index (χ4n) is 4.16. The molecule has 14 heteroatoms. The summed E-state index contributed by atoms with van der Waals surface area (Å²) >= 11 is 0. The van der Waals surface area contributed by atoms with Crippen LogP contribution in [-0.2, 0) is 11.2 Å². The topological polar surface area (TPSA) is 126 Å². The van der Waals surface area contributed by atoms with Crippen molar-refractivity contribution in [2.45, 2.75) is 25.6 Å². The van der Waals surface area contributed by atoms with E-state index in [-0.39, 0.29) is 11.7 Å². The predicted octanol–water partition coefficient (Wildman–Crippen LogP) is 3.12. The molecule has 0 radical (unpaired) electrons. The number of carbonyl (C=O) groups is 2. The number of amides is 2. The lowest BCUT2D eigenvalue weighted by atomic mass is 10.1. The van der Waals surface area contributed by atoms with Gasteiger partial charge in [0.25, 0.3) is 0 Å². The molecule has 4 heterocycles. The van der Waals surface area contributed by atoms with E-state index in [1.165, 1.54) is 6.07 Å². The van der Waals surface area contributed by atoms with Crippen molar-refractivity contribution < 1.29 is 32.3 Å². The number of carboxylic acid groups (broad SMARTS) is 1. The van der Waals surface area contributed by atoms with Crippen LogP contribution in [0.3, 0.4) is 0 Å². The third-order valence-corrected chi connectivity index (χ3v) is 5.81. The summed E-state index contributed by atoms with van der Waals surface area (Å²) < 4.78 is 46.1. The Hall–Kier alpha value is -3.94. The number of benzene rings is 1. The average molecular weight is 509 g/mol. The Morgan fingerprint density at radius 3 is 2.69 bits per heavy atom. The van der Waals surface area contributed by atoms with Gasteiger partial charge in [0.2, 0.25) is 0 Å². The van der Waals surface area contributed by atoms with Crippen LogP contribution in [0.25, 0.3) is 10.9 Å². The number of halogens is 4. The number of urea groups is 1. The van der Waals surface area contributed by atoms with Crippen molar-refractivity contribution >= 4 is 40.1 Å². The molecule has 0 bridgehead atoms. The Morgan fingerprint density at radius 1 is 1.25 bits per heavy atom. The zero-order valence-corrected chi connectivity index (χ0v) is 19.1. The van der Waals surface area contributed by atoms with Crippen LogP contribution in [0.2, 0.25) is 0 Å². The minimum Gasteiger partial charge on any atom is -0.475 e. The highest BCUT2D eigenvalue weighted by Crippen LogP contribution is 2.34. The number of aromatic nitrogens is 3. The number of anilines is 3. The first-order valence-corrected chi connectivity index (χ1v) is 11.0. The Labute approximate surface area is 202 Å². The molecule has 36 heavy (non-hydrogen) atoms. The van der Waals surface area contributed by atoms with Gasteiger partial charge in [-0.1, -0.05) is 0 Å².